The topological polar surface area (TPSA) is 67.2 Å². The van der Waals surface area contributed by atoms with E-state index in [4.69, 9.17) is 4.42 Å². The summed E-state index contributed by atoms with van der Waals surface area (Å²) in [5, 5.41) is 5.89. The molecule has 1 aromatic carbocycles. The van der Waals surface area contributed by atoms with Gasteiger partial charge in [-0.25, -0.2) is 9.78 Å². The van der Waals surface area contributed by atoms with Crippen molar-refractivity contribution >= 4 is 17.1 Å². The molecule has 0 aliphatic heterocycles. The Morgan fingerprint density at radius 2 is 2.20 bits per heavy atom. The summed E-state index contributed by atoms with van der Waals surface area (Å²) < 4.78 is 5.48. The highest BCUT2D eigenvalue weighted by molar-refractivity contribution is 5.75. The van der Waals surface area contributed by atoms with Crippen molar-refractivity contribution in [3.8, 4) is 0 Å². The third-order valence-electron chi connectivity index (χ3n) is 3.70. The maximum atomic E-state index is 11.8. The zero-order valence-electron chi connectivity index (χ0n) is 11.6. The van der Waals surface area contributed by atoms with Gasteiger partial charge in [-0.05, 0) is 30.5 Å². The van der Waals surface area contributed by atoms with E-state index in [1.54, 1.807) is 0 Å². The Bertz CT molecular complexity index is 615. The van der Waals surface area contributed by atoms with E-state index in [9.17, 15) is 4.79 Å². The summed E-state index contributed by atoms with van der Waals surface area (Å²) in [6.45, 7) is 2.32. The molecule has 20 heavy (non-hydrogen) atoms. The van der Waals surface area contributed by atoms with Crippen molar-refractivity contribution in [2.45, 2.75) is 45.2 Å². The lowest BCUT2D eigenvalue weighted by Gasteiger charge is -2.12. The minimum Gasteiger partial charge on any atom is -0.441 e. The molecule has 1 saturated carbocycles. The van der Waals surface area contributed by atoms with Gasteiger partial charge in [0.05, 0.1) is 0 Å². The average molecular weight is 273 g/mol. The van der Waals surface area contributed by atoms with Crippen LogP contribution in [0.25, 0.3) is 11.1 Å². The highest BCUT2D eigenvalue weighted by Gasteiger charge is 2.16. The number of nitrogens with one attached hydrogen (secondary N) is 2. The van der Waals surface area contributed by atoms with Crippen LogP contribution in [0.3, 0.4) is 0 Å². The first kappa shape index (κ1) is 13.0. The lowest BCUT2D eigenvalue weighted by molar-refractivity contribution is 0.236. The van der Waals surface area contributed by atoms with Gasteiger partial charge >= 0.3 is 6.03 Å². The quantitative estimate of drug-likeness (QED) is 0.903. The van der Waals surface area contributed by atoms with Crippen molar-refractivity contribution in [1.29, 1.82) is 0 Å². The maximum Gasteiger partial charge on any atom is 0.315 e. The van der Waals surface area contributed by atoms with Gasteiger partial charge in [0.2, 0.25) is 0 Å². The van der Waals surface area contributed by atoms with Crippen molar-refractivity contribution in [1.82, 2.24) is 15.6 Å². The molecule has 1 fully saturated rings. The summed E-state index contributed by atoms with van der Waals surface area (Å²) in [7, 11) is 0. The number of aromatic nitrogens is 1. The highest BCUT2D eigenvalue weighted by Crippen LogP contribution is 2.18. The van der Waals surface area contributed by atoms with Crippen LogP contribution >= 0.6 is 0 Å². The van der Waals surface area contributed by atoms with E-state index in [0.717, 1.165) is 29.5 Å². The van der Waals surface area contributed by atoms with Gasteiger partial charge in [0.15, 0.2) is 11.5 Å². The zero-order chi connectivity index (χ0) is 13.9. The van der Waals surface area contributed by atoms with E-state index < -0.39 is 0 Å². The summed E-state index contributed by atoms with van der Waals surface area (Å²) in [4.78, 5) is 16.0. The zero-order valence-corrected chi connectivity index (χ0v) is 11.6. The fourth-order valence-electron chi connectivity index (χ4n) is 2.68. The summed E-state index contributed by atoms with van der Waals surface area (Å²) in [6.07, 6.45) is 4.62. The molecule has 0 saturated heterocycles. The Morgan fingerprint density at radius 3 is 3.00 bits per heavy atom. The molecular weight excluding hydrogens is 254 g/mol. The van der Waals surface area contributed by atoms with Crippen molar-refractivity contribution in [2.75, 3.05) is 0 Å². The monoisotopic (exact) mass is 273 g/mol. The number of carbonyl (C=O) groups excluding carboxylic acids is 1. The van der Waals surface area contributed by atoms with Gasteiger partial charge in [-0.2, -0.15) is 0 Å². The Morgan fingerprint density at radius 1 is 1.40 bits per heavy atom. The highest BCUT2D eigenvalue weighted by atomic mass is 16.3. The smallest absolute Gasteiger partial charge is 0.315 e. The van der Waals surface area contributed by atoms with Crippen molar-refractivity contribution in [3.05, 3.63) is 29.7 Å². The molecular formula is C15H19N3O2. The van der Waals surface area contributed by atoms with Crippen LogP contribution in [0.2, 0.25) is 0 Å². The fraction of sp³-hybridized carbons (Fsp3) is 0.467. The van der Waals surface area contributed by atoms with E-state index in [1.165, 1.54) is 12.8 Å². The second-order valence-corrected chi connectivity index (χ2v) is 5.34. The number of carbonyl (C=O) groups is 1. The first-order chi connectivity index (χ1) is 9.70. The molecule has 0 spiro atoms. The number of fused-ring (bicyclic) bond motifs is 1. The number of amides is 2. The molecule has 2 N–H and O–H groups in total. The second kappa shape index (κ2) is 5.53. The molecule has 5 heteroatoms. The lowest BCUT2D eigenvalue weighted by atomic mass is 10.2. The number of hydrogen-bond donors (Lipinski definition) is 2. The Kier molecular flexibility index (Phi) is 3.58. The SMILES string of the molecule is Cc1nc2ccc(CNC(=O)NC3CCCC3)cc2o1. The molecule has 106 valence electrons. The normalized spacial score (nSPS) is 15.7. The Labute approximate surface area is 117 Å². The molecule has 0 unspecified atom stereocenters. The molecule has 1 aromatic heterocycles. The third-order valence-corrected chi connectivity index (χ3v) is 3.70. The number of benzene rings is 1. The third kappa shape index (κ3) is 2.92. The summed E-state index contributed by atoms with van der Waals surface area (Å²) >= 11 is 0. The van der Waals surface area contributed by atoms with Crippen LogP contribution in [-0.2, 0) is 6.54 Å². The molecule has 2 aromatic rings. The van der Waals surface area contributed by atoms with Gasteiger partial charge in [-0.15, -0.1) is 0 Å². The largest absolute Gasteiger partial charge is 0.441 e. The minimum atomic E-state index is -0.0919. The van der Waals surface area contributed by atoms with Crippen molar-refractivity contribution in [3.63, 3.8) is 0 Å². The van der Waals surface area contributed by atoms with Gasteiger partial charge in [0.25, 0.3) is 0 Å². The van der Waals surface area contributed by atoms with Crippen LogP contribution in [-0.4, -0.2) is 17.1 Å². The van der Waals surface area contributed by atoms with Crippen LogP contribution in [0.1, 0.15) is 37.1 Å². The van der Waals surface area contributed by atoms with Crippen LogP contribution in [0, 0.1) is 6.92 Å². The second-order valence-electron chi connectivity index (χ2n) is 5.34. The van der Waals surface area contributed by atoms with E-state index >= 15 is 0 Å². The Hall–Kier alpha value is -2.04. The molecule has 1 aliphatic rings. The molecule has 1 heterocycles. The average Bonchev–Trinajstić information content (AvgIpc) is 3.04. The van der Waals surface area contributed by atoms with Gasteiger partial charge in [0, 0.05) is 19.5 Å². The standard InChI is InChI=1S/C15H19N3O2/c1-10-17-13-7-6-11(8-14(13)20-10)9-16-15(19)18-12-4-2-3-5-12/h6-8,12H,2-5,9H2,1H3,(H2,16,18,19). The van der Waals surface area contributed by atoms with E-state index in [2.05, 4.69) is 15.6 Å². The van der Waals surface area contributed by atoms with Crippen LogP contribution in [0.4, 0.5) is 4.79 Å². The Balaban J connectivity index is 1.57. The summed E-state index contributed by atoms with van der Waals surface area (Å²) in [6, 6.07) is 6.04. The number of nitrogens with zero attached hydrogens (tertiary/aromatic N) is 1. The maximum absolute atomic E-state index is 11.8. The summed E-state index contributed by atoms with van der Waals surface area (Å²) in [5.74, 6) is 0.657. The first-order valence-electron chi connectivity index (χ1n) is 7.11. The summed E-state index contributed by atoms with van der Waals surface area (Å²) in [5.41, 5.74) is 2.62. The van der Waals surface area contributed by atoms with E-state index in [0.29, 0.717) is 18.5 Å². The van der Waals surface area contributed by atoms with Crippen molar-refractivity contribution in [2.24, 2.45) is 0 Å². The first-order valence-corrected chi connectivity index (χ1v) is 7.11. The lowest BCUT2D eigenvalue weighted by Crippen LogP contribution is -2.40. The molecule has 0 bridgehead atoms. The number of rotatable bonds is 3. The van der Waals surface area contributed by atoms with Crippen LogP contribution in [0.5, 0.6) is 0 Å². The van der Waals surface area contributed by atoms with Crippen molar-refractivity contribution < 1.29 is 9.21 Å². The number of urea groups is 1. The van der Waals surface area contributed by atoms with Gasteiger partial charge < -0.3 is 15.1 Å². The number of aryl methyl sites for hydroxylation is 1. The molecule has 5 nitrogen and oxygen atoms in total. The predicted octanol–water partition coefficient (Wildman–Crippen LogP) is 2.88. The fourth-order valence-corrected chi connectivity index (χ4v) is 2.68. The van der Waals surface area contributed by atoms with E-state index in [-0.39, 0.29) is 6.03 Å². The molecule has 1 aliphatic carbocycles. The predicted molar refractivity (Wildman–Crippen MR) is 76.4 cm³/mol. The van der Waals surface area contributed by atoms with Gasteiger partial charge in [-0.1, -0.05) is 18.9 Å². The molecule has 0 atom stereocenters. The minimum absolute atomic E-state index is 0.0919. The van der Waals surface area contributed by atoms with Gasteiger partial charge in [0.1, 0.15) is 5.52 Å². The number of oxazole rings is 1. The van der Waals surface area contributed by atoms with Gasteiger partial charge in [-0.3, -0.25) is 0 Å². The molecule has 3 rings (SSSR count). The van der Waals surface area contributed by atoms with Crippen LogP contribution < -0.4 is 10.6 Å². The number of hydrogen-bond acceptors (Lipinski definition) is 3. The van der Waals surface area contributed by atoms with Crippen LogP contribution in [0.15, 0.2) is 22.6 Å². The molecule has 2 amide bonds. The molecule has 0 radical (unpaired) electrons. The van der Waals surface area contributed by atoms with E-state index in [1.807, 2.05) is 25.1 Å².